The molecular formula is C20H20N2. The smallest absolute Gasteiger partial charge is 0.126 e. The van der Waals surface area contributed by atoms with Gasteiger partial charge in [-0.3, -0.25) is 0 Å². The van der Waals surface area contributed by atoms with E-state index >= 15 is 0 Å². The molecule has 0 aliphatic heterocycles. The molecule has 3 rings (SSSR count). The molecule has 0 unspecified atom stereocenters. The van der Waals surface area contributed by atoms with Crippen molar-refractivity contribution < 1.29 is 0 Å². The molecule has 2 heteroatoms. The van der Waals surface area contributed by atoms with Gasteiger partial charge in [0.15, 0.2) is 0 Å². The normalized spacial score (nSPS) is 10.6. The molecule has 2 aromatic carbocycles. The maximum absolute atomic E-state index is 5.88. The molecular weight excluding hydrogens is 268 g/mol. The number of aryl methyl sites for hydroxylation is 3. The average molecular weight is 288 g/mol. The summed E-state index contributed by atoms with van der Waals surface area (Å²) in [7, 11) is 0. The van der Waals surface area contributed by atoms with Crippen molar-refractivity contribution in [3.05, 3.63) is 83.6 Å². The van der Waals surface area contributed by atoms with Crippen molar-refractivity contribution in [2.24, 2.45) is 0 Å². The fourth-order valence-corrected chi connectivity index (χ4v) is 2.54. The fourth-order valence-electron chi connectivity index (χ4n) is 2.54. The summed E-state index contributed by atoms with van der Waals surface area (Å²) in [6.45, 7) is 1.98. The SMILES string of the molecule is Cc1ccc(CCc2cccc(-c3ccccc3)c2)nc1N. The van der Waals surface area contributed by atoms with E-state index in [1.165, 1.54) is 16.7 Å². The van der Waals surface area contributed by atoms with Crippen LogP contribution in [0, 0.1) is 6.92 Å². The van der Waals surface area contributed by atoms with Crippen molar-refractivity contribution in [3.63, 3.8) is 0 Å². The molecule has 0 radical (unpaired) electrons. The molecule has 3 aromatic rings. The Balaban J connectivity index is 1.74. The first-order valence-corrected chi connectivity index (χ1v) is 7.59. The summed E-state index contributed by atoms with van der Waals surface area (Å²) >= 11 is 0. The Bertz CT molecular complexity index is 764. The van der Waals surface area contributed by atoms with Crippen molar-refractivity contribution in [1.82, 2.24) is 4.98 Å². The van der Waals surface area contributed by atoms with Crippen molar-refractivity contribution in [1.29, 1.82) is 0 Å². The second kappa shape index (κ2) is 6.44. The molecule has 0 atom stereocenters. The lowest BCUT2D eigenvalue weighted by Gasteiger charge is -2.07. The van der Waals surface area contributed by atoms with Crippen LogP contribution in [0.15, 0.2) is 66.7 Å². The molecule has 0 aliphatic carbocycles. The number of rotatable bonds is 4. The summed E-state index contributed by atoms with van der Waals surface area (Å²) in [6, 6.07) is 23.3. The van der Waals surface area contributed by atoms with Crippen LogP contribution in [0.4, 0.5) is 5.82 Å². The van der Waals surface area contributed by atoms with E-state index < -0.39 is 0 Å². The summed E-state index contributed by atoms with van der Waals surface area (Å²) in [4.78, 5) is 4.45. The van der Waals surface area contributed by atoms with Crippen LogP contribution in [0.1, 0.15) is 16.8 Å². The van der Waals surface area contributed by atoms with E-state index in [9.17, 15) is 0 Å². The van der Waals surface area contributed by atoms with Gasteiger partial charge in [-0.05, 0) is 48.1 Å². The van der Waals surface area contributed by atoms with Gasteiger partial charge in [0.2, 0.25) is 0 Å². The van der Waals surface area contributed by atoms with E-state index in [0.717, 1.165) is 24.1 Å². The first kappa shape index (κ1) is 14.3. The molecule has 0 amide bonds. The van der Waals surface area contributed by atoms with Crippen molar-refractivity contribution in [2.75, 3.05) is 5.73 Å². The highest BCUT2D eigenvalue weighted by atomic mass is 14.8. The van der Waals surface area contributed by atoms with E-state index in [1.807, 2.05) is 19.1 Å². The van der Waals surface area contributed by atoms with Crippen molar-refractivity contribution in [3.8, 4) is 11.1 Å². The molecule has 22 heavy (non-hydrogen) atoms. The van der Waals surface area contributed by atoms with E-state index in [-0.39, 0.29) is 0 Å². The van der Waals surface area contributed by atoms with Gasteiger partial charge < -0.3 is 5.73 Å². The average Bonchev–Trinajstić information content (AvgIpc) is 2.57. The summed E-state index contributed by atoms with van der Waals surface area (Å²) < 4.78 is 0. The third-order valence-corrected chi connectivity index (χ3v) is 3.90. The highest BCUT2D eigenvalue weighted by molar-refractivity contribution is 5.63. The largest absolute Gasteiger partial charge is 0.383 e. The molecule has 0 saturated carbocycles. The second-order valence-electron chi connectivity index (χ2n) is 5.57. The topological polar surface area (TPSA) is 38.9 Å². The molecule has 110 valence electrons. The predicted octanol–water partition coefficient (Wildman–Crippen LogP) is 4.42. The lowest BCUT2D eigenvalue weighted by molar-refractivity contribution is 0.914. The lowest BCUT2D eigenvalue weighted by Crippen LogP contribution is -2.00. The van der Waals surface area contributed by atoms with Crippen molar-refractivity contribution in [2.45, 2.75) is 19.8 Å². The standard InChI is InChI=1S/C20H20N2/c1-15-10-12-19(22-20(15)21)13-11-16-6-5-9-18(14-16)17-7-3-2-4-8-17/h2-10,12,14H,11,13H2,1H3,(H2,21,22). The lowest BCUT2D eigenvalue weighted by atomic mass is 10.0. The Morgan fingerprint density at radius 2 is 1.59 bits per heavy atom. The molecule has 0 saturated heterocycles. The van der Waals surface area contributed by atoms with Gasteiger partial charge in [0.05, 0.1) is 0 Å². The van der Waals surface area contributed by atoms with E-state index in [0.29, 0.717) is 5.82 Å². The van der Waals surface area contributed by atoms with Crippen LogP contribution >= 0.6 is 0 Å². The summed E-state index contributed by atoms with van der Waals surface area (Å²) in [6.07, 6.45) is 1.87. The molecule has 1 heterocycles. The third-order valence-electron chi connectivity index (χ3n) is 3.90. The van der Waals surface area contributed by atoms with Crippen LogP contribution in [0.3, 0.4) is 0 Å². The molecule has 0 aliphatic rings. The highest BCUT2D eigenvalue weighted by Crippen LogP contribution is 2.21. The quantitative estimate of drug-likeness (QED) is 0.771. The van der Waals surface area contributed by atoms with E-state index in [4.69, 9.17) is 5.73 Å². The van der Waals surface area contributed by atoms with Crippen LogP contribution < -0.4 is 5.73 Å². The Morgan fingerprint density at radius 1 is 0.818 bits per heavy atom. The second-order valence-corrected chi connectivity index (χ2v) is 5.57. The van der Waals surface area contributed by atoms with Gasteiger partial charge in [-0.25, -0.2) is 4.98 Å². The maximum Gasteiger partial charge on any atom is 0.126 e. The first-order chi connectivity index (χ1) is 10.7. The van der Waals surface area contributed by atoms with Crippen LogP contribution in [-0.2, 0) is 12.8 Å². The van der Waals surface area contributed by atoms with Gasteiger partial charge in [-0.2, -0.15) is 0 Å². The van der Waals surface area contributed by atoms with Gasteiger partial charge in [-0.1, -0.05) is 60.7 Å². The van der Waals surface area contributed by atoms with Gasteiger partial charge in [0.1, 0.15) is 5.82 Å². The predicted molar refractivity (Wildman–Crippen MR) is 92.7 cm³/mol. The zero-order chi connectivity index (χ0) is 15.4. The molecule has 1 aromatic heterocycles. The number of hydrogen-bond donors (Lipinski definition) is 1. The summed E-state index contributed by atoms with van der Waals surface area (Å²) in [5.41, 5.74) is 11.8. The molecule has 2 nitrogen and oxygen atoms in total. The van der Waals surface area contributed by atoms with Crippen LogP contribution in [0.5, 0.6) is 0 Å². The Morgan fingerprint density at radius 3 is 2.36 bits per heavy atom. The Labute approximate surface area is 131 Å². The first-order valence-electron chi connectivity index (χ1n) is 7.59. The zero-order valence-electron chi connectivity index (χ0n) is 12.8. The zero-order valence-corrected chi connectivity index (χ0v) is 12.8. The Kier molecular flexibility index (Phi) is 4.19. The van der Waals surface area contributed by atoms with Crippen LogP contribution in [-0.4, -0.2) is 4.98 Å². The minimum absolute atomic E-state index is 0.635. The van der Waals surface area contributed by atoms with Gasteiger partial charge in [0.25, 0.3) is 0 Å². The number of nitrogen functional groups attached to an aromatic ring is 1. The minimum atomic E-state index is 0.635. The van der Waals surface area contributed by atoms with Gasteiger partial charge in [-0.15, -0.1) is 0 Å². The number of benzene rings is 2. The molecule has 0 fully saturated rings. The highest BCUT2D eigenvalue weighted by Gasteiger charge is 2.02. The monoisotopic (exact) mass is 288 g/mol. The summed E-state index contributed by atoms with van der Waals surface area (Å²) in [5, 5.41) is 0. The number of anilines is 1. The van der Waals surface area contributed by atoms with E-state index in [2.05, 4.69) is 59.6 Å². The van der Waals surface area contributed by atoms with Gasteiger partial charge in [0, 0.05) is 5.69 Å². The van der Waals surface area contributed by atoms with Crippen LogP contribution in [0.2, 0.25) is 0 Å². The number of nitrogens with two attached hydrogens (primary N) is 1. The number of nitrogens with zero attached hydrogens (tertiary/aromatic N) is 1. The minimum Gasteiger partial charge on any atom is -0.383 e. The van der Waals surface area contributed by atoms with Crippen LogP contribution in [0.25, 0.3) is 11.1 Å². The molecule has 0 bridgehead atoms. The number of pyridine rings is 1. The van der Waals surface area contributed by atoms with E-state index in [1.54, 1.807) is 0 Å². The Hall–Kier alpha value is -2.61. The summed E-state index contributed by atoms with van der Waals surface area (Å²) in [5.74, 6) is 0.635. The third kappa shape index (κ3) is 3.34. The fraction of sp³-hybridized carbons (Fsp3) is 0.150. The maximum atomic E-state index is 5.88. The molecule has 0 spiro atoms. The number of aromatic nitrogens is 1. The number of hydrogen-bond acceptors (Lipinski definition) is 2. The van der Waals surface area contributed by atoms with Gasteiger partial charge >= 0.3 is 0 Å². The van der Waals surface area contributed by atoms with Crippen molar-refractivity contribution >= 4 is 5.82 Å². The molecule has 2 N–H and O–H groups in total.